The minimum atomic E-state index is -0.750. The molecular weight excluding hydrogens is 344 g/mol. The van der Waals surface area contributed by atoms with Gasteiger partial charge in [-0.1, -0.05) is 6.07 Å². The molecule has 0 atom stereocenters. The van der Waals surface area contributed by atoms with Crippen LogP contribution < -0.4 is 10.9 Å². The molecule has 0 aliphatic heterocycles. The summed E-state index contributed by atoms with van der Waals surface area (Å²) < 4.78 is 34.2. The third-order valence-electron chi connectivity index (χ3n) is 3.70. The molecule has 2 aromatic heterocycles. The van der Waals surface area contributed by atoms with Crippen molar-refractivity contribution in [3.63, 3.8) is 0 Å². The van der Waals surface area contributed by atoms with Crippen LogP contribution >= 0.6 is 0 Å². The number of anilines is 1. The SMILES string of the molecule is Cn1cc(NC(=O)CCc2ncc(-c3c(F)cccc3F)o2)ccc1=O. The highest BCUT2D eigenvalue weighted by Crippen LogP contribution is 2.26. The number of aromatic nitrogens is 2. The molecule has 8 heteroatoms. The first kappa shape index (κ1) is 17.5. The van der Waals surface area contributed by atoms with Crippen LogP contribution in [0.5, 0.6) is 0 Å². The summed E-state index contributed by atoms with van der Waals surface area (Å²) in [5.74, 6) is -1.65. The van der Waals surface area contributed by atoms with Gasteiger partial charge in [-0.15, -0.1) is 0 Å². The number of nitrogens with one attached hydrogen (secondary N) is 1. The number of hydrogen-bond acceptors (Lipinski definition) is 4. The standard InChI is InChI=1S/C18H15F2N3O3/c1-23-10-11(5-8-17(23)25)22-15(24)6-7-16-21-9-14(26-16)18-12(19)3-2-4-13(18)20/h2-5,8-10H,6-7H2,1H3,(H,22,24). The second-order valence-electron chi connectivity index (χ2n) is 5.63. The van der Waals surface area contributed by atoms with Gasteiger partial charge >= 0.3 is 0 Å². The zero-order valence-electron chi connectivity index (χ0n) is 13.8. The summed E-state index contributed by atoms with van der Waals surface area (Å²) >= 11 is 0. The fourth-order valence-corrected chi connectivity index (χ4v) is 2.39. The summed E-state index contributed by atoms with van der Waals surface area (Å²) in [7, 11) is 1.58. The van der Waals surface area contributed by atoms with Gasteiger partial charge < -0.3 is 14.3 Å². The highest BCUT2D eigenvalue weighted by atomic mass is 19.1. The lowest BCUT2D eigenvalue weighted by molar-refractivity contribution is -0.116. The number of pyridine rings is 1. The van der Waals surface area contributed by atoms with Crippen molar-refractivity contribution in [2.75, 3.05) is 5.32 Å². The Balaban J connectivity index is 1.63. The first-order chi connectivity index (χ1) is 12.4. The quantitative estimate of drug-likeness (QED) is 0.760. The minimum absolute atomic E-state index is 0.0333. The molecule has 0 aliphatic rings. The average molecular weight is 359 g/mol. The number of rotatable bonds is 5. The number of aryl methyl sites for hydroxylation is 2. The van der Waals surface area contributed by atoms with Gasteiger partial charge in [0, 0.05) is 32.2 Å². The lowest BCUT2D eigenvalue weighted by Crippen LogP contribution is -2.18. The van der Waals surface area contributed by atoms with E-state index < -0.39 is 11.6 Å². The summed E-state index contributed by atoms with van der Waals surface area (Å²) in [6, 6.07) is 6.36. The van der Waals surface area contributed by atoms with E-state index >= 15 is 0 Å². The molecule has 0 fully saturated rings. The number of halogens is 2. The van der Waals surface area contributed by atoms with Crippen LogP contribution in [0.3, 0.4) is 0 Å². The van der Waals surface area contributed by atoms with E-state index in [4.69, 9.17) is 4.42 Å². The maximum atomic E-state index is 13.7. The Labute approximate surface area is 147 Å². The van der Waals surface area contributed by atoms with Crippen molar-refractivity contribution in [1.82, 2.24) is 9.55 Å². The van der Waals surface area contributed by atoms with Crippen LogP contribution in [-0.2, 0) is 18.3 Å². The maximum Gasteiger partial charge on any atom is 0.250 e. The monoisotopic (exact) mass is 359 g/mol. The highest BCUT2D eigenvalue weighted by Gasteiger charge is 2.16. The average Bonchev–Trinajstić information content (AvgIpc) is 3.05. The molecule has 0 radical (unpaired) electrons. The van der Waals surface area contributed by atoms with Crippen molar-refractivity contribution in [1.29, 1.82) is 0 Å². The summed E-state index contributed by atoms with van der Waals surface area (Å²) in [6.07, 6.45) is 2.95. The maximum absolute atomic E-state index is 13.7. The first-order valence-corrected chi connectivity index (χ1v) is 7.79. The number of oxazole rings is 1. The summed E-state index contributed by atoms with van der Waals surface area (Å²) in [4.78, 5) is 27.2. The first-order valence-electron chi connectivity index (χ1n) is 7.79. The second-order valence-corrected chi connectivity index (χ2v) is 5.63. The molecule has 26 heavy (non-hydrogen) atoms. The van der Waals surface area contributed by atoms with Crippen molar-refractivity contribution in [3.05, 3.63) is 70.6 Å². The van der Waals surface area contributed by atoms with Gasteiger partial charge in [0.15, 0.2) is 11.7 Å². The van der Waals surface area contributed by atoms with Gasteiger partial charge in [-0.25, -0.2) is 13.8 Å². The topological polar surface area (TPSA) is 77.1 Å². The van der Waals surface area contributed by atoms with Gasteiger partial charge in [-0.05, 0) is 18.2 Å². The fraction of sp³-hybridized carbons (Fsp3) is 0.167. The van der Waals surface area contributed by atoms with Crippen LogP contribution in [0, 0.1) is 11.6 Å². The smallest absolute Gasteiger partial charge is 0.250 e. The Morgan fingerprint density at radius 1 is 1.23 bits per heavy atom. The van der Waals surface area contributed by atoms with Crippen molar-refractivity contribution >= 4 is 11.6 Å². The molecule has 6 nitrogen and oxygen atoms in total. The molecule has 0 aliphatic carbocycles. The Kier molecular flexibility index (Phi) is 4.92. The Hall–Kier alpha value is -3.29. The number of benzene rings is 1. The van der Waals surface area contributed by atoms with Crippen LogP contribution in [0.4, 0.5) is 14.5 Å². The van der Waals surface area contributed by atoms with Crippen molar-refractivity contribution in [3.8, 4) is 11.3 Å². The van der Waals surface area contributed by atoms with Gasteiger partial charge in [0.25, 0.3) is 0 Å². The molecule has 0 unspecified atom stereocenters. The zero-order valence-corrected chi connectivity index (χ0v) is 13.8. The summed E-state index contributed by atoms with van der Waals surface area (Å²) in [5.41, 5.74) is 0.00946. The van der Waals surface area contributed by atoms with E-state index in [1.165, 1.54) is 35.2 Å². The Morgan fingerprint density at radius 2 is 1.96 bits per heavy atom. The van der Waals surface area contributed by atoms with E-state index in [0.717, 1.165) is 12.1 Å². The highest BCUT2D eigenvalue weighted by molar-refractivity contribution is 5.90. The van der Waals surface area contributed by atoms with Crippen LogP contribution in [0.2, 0.25) is 0 Å². The third-order valence-corrected chi connectivity index (χ3v) is 3.70. The van der Waals surface area contributed by atoms with Gasteiger partial charge in [0.05, 0.1) is 17.4 Å². The number of carbonyl (C=O) groups is 1. The third kappa shape index (κ3) is 3.85. The Morgan fingerprint density at radius 3 is 2.65 bits per heavy atom. The molecule has 0 saturated carbocycles. The van der Waals surface area contributed by atoms with Crippen LogP contribution in [-0.4, -0.2) is 15.5 Å². The minimum Gasteiger partial charge on any atom is -0.441 e. The van der Waals surface area contributed by atoms with E-state index in [2.05, 4.69) is 10.3 Å². The molecule has 134 valence electrons. The van der Waals surface area contributed by atoms with Crippen molar-refractivity contribution in [2.45, 2.75) is 12.8 Å². The molecule has 0 spiro atoms. The Bertz CT molecular complexity index is 991. The number of amides is 1. The lowest BCUT2D eigenvalue weighted by atomic mass is 10.1. The lowest BCUT2D eigenvalue weighted by Gasteiger charge is -2.05. The molecular formula is C18H15F2N3O3. The predicted molar refractivity (Wildman–Crippen MR) is 90.5 cm³/mol. The van der Waals surface area contributed by atoms with E-state index in [1.807, 2.05) is 0 Å². The molecule has 1 amide bonds. The normalized spacial score (nSPS) is 10.7. The predicted octanol–water partition coefficient (Wildman–Crippen LogP) is 2.89. The zero-order chi connectivity index (χ0) is 18.7. The van der Waals surface area contributed by atoms with Crippen LogP contribution in [0.1, 0.15) is 12.3 Å². The van der Waals surface area contributed by atoms with Gasteiger partial charge in [-0.3, -0.25) is 9.59 Å². The van der Waals surface area contributed by atoms with Gasteiger partial charge in [0.2, 0.25) is 11.5 Å². The van der Waals surface area contributed by atoms with E-state index in [-0.39, 0.29) is 41.5 Å². The number of nitrogens with zero attached hydrogens (tertiary/aromatic N) is 2. The molecule has 0 bridgehead atoms. The van der Waals surface area contributed by atoms with E-state index in [9.17, 15) is 18.4 Å². The summed E-state index contributed by atoms with van der Waals surface area (Å²) in [6.45, 7) is 0. The molecule has 3 rings (SSSR count). The number of hydrogen-bond donors (Lipinski definition) is 1. The summed E-state index contributed by atoms with van der Waals surface area (Å²) in [5, 5.41) is 2.65. The second kappa shape index (κ2) is 7.30. The molecule has 0 saturated heterocycles. The molecule has 1 aromatic carbocycles. The van der Waals surface area contributed by atoms with Crippen molar-refractivity contribution in [2.24, 2.45) is 7.05 Å². The molecule has 2 heterocycles. The molecule has 1 N–H and O–H groups in total. The number of carbonyl (C=O) groups excluding carboxylic acids is 1. The van der Waals surface area contributed by atoms with Crippen LogP contribution in [0.25, 0.3) is 11.3 Å². The van der Waals surface area contributed by atoms with E-state index in [0.29, 0.717) is 5.69 Å². The van der Waals surface area contributed by atoms with Gasteiger partial charge in [-0.2, -0.15) is 0 Å². The van der Waals surface area contributed by atoms with E-state index in [1.54, 1.807) is 7.05 Å². The largest absolute Gasteiger partial charge is 0.441 e. The van der Waals surface area contributed by atoms with Gasteiger partial charge in [0.1, 0.15) is 11.6 Å². The van der Waals surface area contributed by atoms with Crippen LogP contribution in [0.15, 0.2) is 51.9 Å². The van der Waals surface area contributed by atoms with Crippen molar-refractivity contribution < 1.29 is 18.0 Å². The fourth-order valence-electron chi connectivity index (χ4n) is 2.39. The molecule has 3 aromatic rings.